The Bertz CT molecular complexity index is 803. The minimum absolute atomic E-state index is 0.0182. The van der Waals surface area contributed by atoms with Crippen LogP contribution in [0, 0.1) is 0 Å². The highest BCUT2D eigenvalue weighted by molar-refractivity contribution is 5.81. The molecule has 1 aromatic heterocycles. The van der Waals surface area contributed by atoms with Gasteiger partial charge in [0.15, 0.2) is 0 Å². The molecule has 0 bridgehead atoms. The van der Waals surface area contributed by atoms with Crippen LogP contribution in [0.5, 0.6) is 0 Å². The number of amides is 1. The van der Waals surface area contributed by atoms with Crippen molar-refractivity contribution in [2.45, 2.75) is 45.1 Å². The van der Waals surface area contributed by atoms with E-state index in [0.717, 1.165) is 17.5 Å². The Labute approximate surface area is 144 Å². The van der Waals surface area contributed by atoms with Gasteiger partial charge in [-0.25, -0.2) is 0 Å². The van der Waals surface area contributed by atoms with Crippen molar-refractivity contribution >= 4 is 22.8 Å². The van der Waals surface area contributed by atoms with Crippen molar-refractivity contribution in [2.24, 2.45) is 0 Å². The number of carboxylic acids is 1. The van der Waals surface area contributed by atoms with Crippen molar-refractivity contribution < 1.29 is 14.7 Å². The molecule has 1 atom stereocenters. The SMILES string of the molecule is CCCC[C@@H](C(=O)NCCCC(=O)O)n1nnc2ccccc2c1=O. The molecule has 2 aromatic rings. The van der Waals surface area contributed by atoms with Gasteiger partial charge in [-0.15, -0.1) is 5.10 Å². The van der Waals surface area contributed by atoms with Gasteiger partial charge in [0.2, 0.25) is 5.91 Å². The van der Waals surface area contributed by atoms with E-state index in [1.165, 1.54) is 0 Å². The Hall–Kier alpha value is -2.77. The second kappa shape index (κ2) is 8.91. The molecule has 134 valence electrons. The molecule has 0 radical (unpaired) electrons. The van der Waals surface area contributed by atoms with Crippen LogP contribution in [-0.2, 0) is 9.59 Å². The molecule has 1 aromatic carbocycles. The number of carbonyl (C=O) groups is 2. The smallest absolute Gasteiger partial charge is 0.303 e. The quantitative estimate of drug-likeness (QED) is 0.665. The van der Waals surface area contributed by atoms with E-state index in [-0.39, 0.29) is 24.4 Å². The summed E-state index contributed by atoms with van der Waals surface area (Å²) in [6, 6.07) is 6.10. The van der Waals surface area contributed by atoms with Crippen LogP contribution in [0.25, 0.3) is 10.9 Å². The van der Waals surface area contributed by atoms with E-state index in [2.05, 4.69) is 15.6 Å². The zero-order chi connectivity index (χ0) is 18.2. The summed E-state index contributed by atoms with van der Waals surface area (Å²) >= 11 is 0. The maximum absolute atomic E-state index is 12.7. The number of hydrogen-bond acceptors (Lipinski definition) is 5. The number of nitrogens with one attached hydrogen (secondary N) is 1. The summed E-state index contributed by atoms with van der Waals surface area (Å²) < 4.78 is 1.13. The number of aromatic nitrogens is 3. The summed E-state index contributed by atoms with van der Waals surface area (Å²) in [4.78, 5) is 35.7. The van der Waals surface area contributed by atoms with Crippen molar-refractivity contribution in [1.82, 2.24) is 20.3 Å². The fourth-order valence-corrected chi connectivity index (χ4v) is 2.54. The Morgan fingerprint density at radius 1 is 1.28 bits per heavy atom. The Balaban J connectivity index is 2.21. The van der Waals surface area contributed by atoms with Crippen LogP contribution < -0.4 is 10.9 Å². The van der Waals surface area contributed by atoms with E-state index >= 15 is 0 Å². The molecule has 0 saturated carbocycles. The van der Waals surface area contributed by atoms with Gasteiger partial charge in [-0.2, -0.15) is 4.68 Å². The molecule has 2 rings (SSSR count). The second-order valence-corrected chi connectivity index (χ2v) is 5.80. The van der Waals surface area contributed by atoms with Crippen LogP contribution in [0.2, 0.25) is 0 Å². The molecule has 8 heteroatoms. The van der Waals surface area contributed by atoms with E-state index in [4.69, 9.17) is 5.11 Å². The van der Waals surface area contributed by atoms with Gasteiger partial charge in [0.25, 0.3) is 5.56 Å². The number of carboxylic acid groups (broad SMARTS) is 1. The summed E-state index contributed by atoms with van der Waals surface area (Å²) in [5.74, 6) is -1.25. The maximum Gasteiger partial charge on any atom is 0.303 e. The van der Waals surface area contributed by atoms with Crippen LogP contribution in [0.3, 0.4) is 0 Å². The third kappa shape index (κ3) is 4.85. The summed E-state index contributed by atoms with van der Waals surface area (Å²) in [6.07, 6.45) is 2.41. The van der Waals surface area contributed by atoms with Gasteiger partial charge < -0.3 is 10.4 Å². The number of nitrogens with zero attached hydrogens (tertiary/aromatic N) is 3. The number of hydrogen-bond donors (Lipinski definition) is 2. The predicted octanol–water partition coefficient (Wildman–Crippen LogP) is 1.50. The van der Waals surface area contributed by atoms with Gasteiger partial charge >= 0.3 is 5.97 Å². The molecule has 8 nitrogen and oxygen atoms in total. The van der Waals surface area contributed by atoms with Crippen molar-refractivity contribution in [3.8, 4) is 0 Å². The third-order valence-electron chi connectivity index (χ3n) is 3.89. The lowest BCUT2D eigenvalue weighted by molar-refractivity contribution is -0.137. The van der Waals surface area contributed by atoms with E-state index in [0.29, 0.717) is 23.7 Å². The van der Waals surface area contributed by atoms with Crippen molar-refractivity contribution in [1.29, 1.82) is 0 Å². The fourth-order valence-electron chi connectivity index (χ4n) is 2.54. The van der Waals surface area contributed by atoms with Crippen molar-refractivity contribution in [3.63, 3.8) is 0 Å². The van der Waals surface area contributed by atoms with E-state index in [9.17, 15) is 14.4 Å². The molecule has 0 aliphatic rings. The van der Waals surface area contributed by atoms with E-state index < -0.39 is 12.0 Å². The van der Waals surface area contributed by atoms with Gasteiger partial charge in [0.1, 0.15) is 11.6 Å². The average molecular weight is 346 g/mol. The number of benzene rings is 1. The molecule has 0 aliphatic carbocycles. The van der Waals surface area contributed by atoms with Gasteiger partial charge in [-0.05, 0) is 25.0 Å². The summed E-state index contributed by atoms with van der Waals surface area (Å²) in [7, 11) is 0. The Morgan fingerprint density at radius 2 is 2.04 bits per heavy atom. The van der Waals surface area contributed by atoms with Gasteiger partial charge in [0.05, 0.1) is 5.39 Å². The predicted molar refractivity (Wildman–Crippen MR) is 92.2 cm³/mol. The molecular weight excluding hydrogens is 324 g/mol. The first kappa shape index (κ1) is 18.6. The zero-order valence-corrected chi connectivity index (χ0v) is 14.1. The third-order valence-corrected chi connectivity index (χ3v) is 3.89. The average Bonchev–Trinajstić information content (AvgIpc) is 2.60. The molecule has 2 N–H and O–H groups in total. The van der Waals surface area contributed by atoms with Crippen LogP contribution in [0.4, 0.5) is 0 Å². The summed E-state index contributed by atoms with van der Waals surface area (Å²) in [6.45, 7) is 2.24. The highest BCUT2D eigenvalue weighted by Gasteiger charge is 2.23. The van der Waals surface area contributed by atoms with Crippen LogP contribution in [0.15, 0.2) is 29.1 Å². The molecule has 1 heterocycles. The maximum atomic E-state index is 12.7. The summed E-state index contributed by atoms with van der Waals surface area (Å²) in [5.41, 5.74) is 0.132. The van der Waals surface area contributed by atoms with Gasteiger partial charge in [-0.1, -0.05) is 37.1 Å². The summed E-state index contributed by atoms with van der Waals surface area (Å²) in [5, 5.41) is 19.7. The first-order valence-corrected chi connectivity index (χ1v) is 8.38. The van der Waals surface area contributed by atoms with Gasteiger partial charge in [-0.3, -0.25) is 14.4 Å². The lowest BCUT2D eigenvalue weighted by Gasteiger charge is -2.17. The number of unbranched alkanes of at least 4 members (excludes halogenated alkanes) is 1. The molecule has 1 amide bonds. The van der Waals surface area contributed by atoms with Crippen LogP contribution in [0.1, 0.15) is 45.1 Å². The molecule has 0 saturated heterocycles. The normalized spacial score (nSPS) is 12.0. The minimum atomic E-state index is -0.909. The minimum Gasteiger partial charge on any atom is -0.481 e. The van der Waals surface area contributed by atoms with Crippen molar-refractivity contribution in [2.75, 3.05) is 6.54 Å². The Morgan fingerprint density at radius 3 is 2.76 bits per heavy atom. The first-order chi connectivity index (χ1) is 12.0. The zero-order valence-electron chi connectivity index (χ0n) is 14.1. The monoisotopic (exact) mass is 346 g/mol. The molecule has 0 fully saturated rings. The molecule has 0 spiro atoms. The van der Waals surface area contributed by atoms with Gasteiger partial charge in [0, 0.05) is 13.0 Å². The van der Waals surface area contributed by atoms with Crippen molar-refractivity contribution in [3.05, 3.63) is 34.6 Å². The van der Waals surface area contributed by atoms with Crippen LogP contribution >= 0.6 is 0 Å². The molecular formula is C17H22N4O4. The topological polar surface area (TPSA) is 114 Å². The lowest BCUT2D eigenvalue weighted by Crippen LogP contribution is -2.39. The molecule has 25 heavy (non-hydrogen) atoms. The Kier molecular flexibility index (Phi) is 6.62. The largest absolute Gasteiger partial charge is 0.481 e. The highest BCUT2D eigenvalue weighted by atomic mass is 16.4. The van der Waals surface area contributed by atoms with E-state index in [1.54, 1.807) is 24.3 Å². The number of aliphatic carboxylic acids is 1. The van der Waals surface area contributed by atoms with Crippen LogP contribution in [-0.4, -0.2) is 38.5 Å². The lowest BCUT2D eigenvalue weighted by atomic mass is 10.1. The highest BCUT2D eigenvalue weighted by Crippen LogP contribution is 2.14. The van der Waals surface area contributed by atoms with E-state index in [1.807, 2.05) is 6.92 Å². The fraction of sp³-hybridized carbons (Fsp3) is 0.471. The molecule has 0 aliphatic heterocycles. The number of fused-ring (bicyclic) bond motifs is 1. The second-order valence-electron chi connectivity index (χ2n) is 5.80. The first-order valence-electron chi connectivity index (χ1n) is 8.38. The number of rotatable bonds is 9. The number of carbonyl (C=O) groups excluding carboxylic acids is 1. The molecule has 0 unspecified atom stereocenters. The standard InChI is InChI=1S/C17H22N4O4/c1-2-3-9-14(16(24)18-11-6-10-15(22)23)21-17(25)12-7-4-5-8-13(12)19-20-21/h4-5,7-8,14H,2-3,6,9-11H2,1H3,(H,18,24)(H,22,23)/t14-/m0/s1.